The van der Waals surface area contributed by atoms with Gasteiger partial charge in [0, 0.05) is 18.7 Å². The van der Waals surface area contributed by atoms with Crippen LogP contribution in [-0.2, 0) is 13.1 Å². The molecule has 2 aromatic carbocycles. The summed E-state index contributed by atoms with van der Waals surface area (Å²) in [6.45, 7) is 6.43. The van der Waals surface area contributed by atoms with Crippen molar-refractivity contribution in [3.63, 3.8) is 0 Å². The highest BCUT2D eigenvalue weighted by Crippen LogP contribution is 2.39. The highest BCUT2D eigenvalue weighted by atomic mass is 16.5. The second-order valence-electron chi connectivity index (χ2n) is 6.45. The Hall–Kier alpha value is -2.40. The van der Waals surface area contributed by atoms with Crippen LogP contribution in [0, 0.1) is 5.92 Å². The molecule has 0 aliphatic heterocycles. The Morgan fingerprint density at radius 3 is 2.08 bits per heavy atom. The molecule has 0 radical (unpaired) electrons. The lowest BCUT2D eigenvalue weighted by Crippen LogP contribution is -2.14. The maximum atomic E-state index is 5.71. The van der Waals surface area contributed by atoms with Gasteiger partial charge in [-0.2, -0.15) is 0 Å². The zero-order valence-corrected chi connectivity index (χ0v) is 16.3. The quantitative estimate of drug-likeness (QED) is 0.694. The van der Waals surface area contributed by atoms with Gasteiger partial charge in [0.1, 0.15) is 5.75 Å². The smallest absolute Gasteiger partial charge is 0.203 e. The van der Waals surface area contributed by atoms with Crippen LogP contribution < -0.4 is 24.3 Å². The summed E-state index contributed by atoms with van der Waals surface area (Å²) < 4.78 is 22.0. The standard InChI is InChI=1S/C21H29NO4/c1-15(2)14-26-18-9-6-16(7-10-18)12-22-13-17-8-11-19(23-3)21(25-5)20(17)24-4/h6-11,15,22H,12-14H2,1-5H3. The van der Waals surface area contributed by atoms with Gasteiger partial charge in [-0.05, 0) is 29.7 Å². The third-order valence-electron chi connectivity index (χ3n) is 3.94. The normalized spacial score (nSPS) is 10.7. The van der Waals surface area contributed by atoms with E-state index in [0.29, 0.717) is 29.7 Å². The number of ether oxygens (including phenoxy) is 4. The molecule has 0 atom stereocenters. The first-order valence-corrected chi connectivity index (χ1v) is 8.79. The van der Waals surface area contributed by atoms with E-state index in [1.807, 2.05) is 24.3 Å². The minimum absolute atomic E-state index is 0.521. The molecule has 0 amide bonds. The number of nitrogens with one attached hydrogen (secondary N) is 1. The molecule has 26 heavy (non-hydrogen) atoms. The van der Waals surface area contributed by atoms with Crippen molar-refractivity contribution in [3.8, 4) is 23.0 Å². The van der Waals surface area contributed by atoms with Gasteiger partial charge in [0.05, 0.1) is 27.9 Å². The first-order valence-electron chi connectivity index (χ1n) is 8.79. The van der Waals surface area contributed by atoms with Crippen LogP contribution in [0.1, 0.15) is 25.0 Å². The van der Waals surface area contributed by atoms with E-state index in [9.17, 15) is 0 Å². The van der Waals surface area contributed by atoms with E-state index in [1.165, 1.54) is 5.56 Å². The molecule has 2 rings (SSSR count). The van der Waals surface area contributed by atoms with Crippen molar-refractivity contribution in [2.45, 2.75) is 26.9 Å². The maximum absolute atomic E-state index is 5.71. The van der Waals surface area contributed by atoms with Crippen molar-refractivity contribution in [2.24, 2.45) is 5.92 Å². The molecule has 5 heteroatoms. The second-order valence-corrected chi connectivity index (χ2v) is 6.45. The lowest BCUT2D eigenvalue weighted by Gasteiger charge is -2.16. The van der Waals surface area contributed by atoms with Crippen molar-refractivity contribution in [1.29, 1.82) is 0 Å². The van der Waals surface area contributed by atoms with E-state index < -0.39 is 0 Å². The van der Waals surface area contributed by atoms with Gasteiger partial charge in [0.2, 0.25) is 5.75 Å². The van der Waals surface area contributed by atoms with Crippen molar-refractivity contribution >= 4 is 0 Å². The van der Waals surface area contributed by atoms with E-state index in [2.05, 4.69) is 31.3 Å². The number of rotatable bonds is 10. The Morgan fingerprint density at radius 2 is 1.50 bits per heavy atom. The summed E-state index contributed by atoms with van der Waals surface area (Å²) in [6, 6.07) is 12.0. The van der Waals surface area contributed by atoms with Crippen LogP contribution in [0.15, 0.2) is 36.4 Å². The molecule has 1 N–H and O–H groups in total. The summed E-state index contributed by atoms with van der Waals surface area (Å²) in [5.41, 5.74) is 2.21. The lowest BCUT2D eigenvalue weighted by molar-refractivity contribution is 0.271. The molecule has 0 unspecified atom stereocenters. The summed E-state index contributed by atoms with van der Waals surface area (Å²) in [5, 5.41) is 3.43. The third kappa shape index (κ3) is 5.30. The number of methoxy groups -OCH3 is 3. The molecule has 0 heterocycles. The van der Waals surface area contributed by atoms with Crippen molar-refractivity contribution < 1.29 is 18.9 Å². The number of hydrogen-bond donors (Lipinski definition) is 1. The molecule has 2 aromatic rings. The van der Waals surface area contributed by atoms with Crippen molar-refractivity contribution in [2.75, 3.05) is 27.9 Å². The predicted octanol–water partition coefficient (Wildman–Crippen LogP) is 4.04. The Labute approximate surface area is 156 Å². The molecule has 0 aliphatic rings. The number of hydrogen-bond acceptors (Lipinski definition) is 5. The Morgan fingerprint density at radius 1 is 0.808 bits per heavy atom. The van der Waals surface area contributed by atoms with Gasteiger partial charge in [-0.25, -0.2) is 0 Å². The molecule has 0 aromatic heterocycles. The molecule has 0 spiro atoms. The molecule has 5 nitrogen and oxygen atoms in total. The van der Waals surface area contributed by atoms with Gasteiger partial charge in [-0.3, -0.25) is 0 Å². The molecular weight excluding hydrogens is 330 g/mol. The Balaban J connectivity index is 1.95. The topological polar surface area (TPSA) is 49.0 Å². The third-order valence-corrected chi connectivity index (χ3v) is 3.94. The zero-order chi connectivity index (χ0) is 18.9. The largest absolute Gasteiger partial charge is 0.493 e. The van der Waals surface area contributed by atoms with Crippen molar-refractivity contribution in [3.05, 3.63) is 47.5 Å². The van der Waals surface area contributed by atoms with Gasteiger partial charge in [0.25, 0.3) is 0 Å². The van der Waals surface area contributed by atoms with Crippen LogP contribution in [0.3, 0.4) is 0 Å². The molecule has 0 saturated heterocycles. The summed E-state index contributed by atoms with van der Waals surface area (Å²) in [7, 11) is 4.86. The molecular formula is C21H29NO4. The molecule has 0 aliphatic carbocycles. The Kier molecular flexibility index (Phi) is 7.60. The number of benzene rings is 2. The van der Waals surface area contributed by atoms with Crippen LogP contribution in [0.5, 0.6) is 23.0 Å². The summed E-state index contributed by atoms with van der Waals surface area (Å²) in [6.07, 6.45) is 0. The van der Waals surface area contributed by atoms with Gasteiger partial charge < -0.3 is 24.3 Å². The van der Waals surface area contributed by atoms with E-state index in [1.54, 1.807) is 21.3 Å². The van der Waals surface area contributed by atoms with Gasteiger partial charge in [-0.1, -0.05) is 32.0 Å². The van der Waals surface area contributed by atoms with E-state index in [4.69, 9.17) is 18.9 Å². The minimum Gasteiger partial charge on any atom is -0.493 e. The fourth-order valence-electron chi connectivity index (χ4n) is 2.61. The van der Waals surface area contributed by atoms with Crippen LogP contribution >= 0.6 is 0 Å². The summed E-state index contributed by atoms with van der Waals surface area (Å²) in [4.78, 5) is 0. The minimum atomic E-state index is 0.521. The van der Waals surface area contributed by atoms with Crippen LogP contribution in [0.4, 0.5) is 0 Å². The zero-order valence-electron chi connectivity index (χ0n) is 16.3. The second kappa shape index (κ2) is 9.92. The molecule has 0 saturated carbocycles. The molecule has 142 valence electrons. The first kappa shape index (κ1) is 19.9. The maximum Gasteiger partial charge on any atom is 0.203 e. The Bertz CT molecular complexity index is 683. The van der Waals surface area contributed by atoms with Gasteiger partial charge in [-0.15, -0.1) is 0 Å². The highest BCUT2D eigenvalue weighted by molar-refractivity contribution is 5.55. The summed E-state index contributed by atoms with van der Waals surface area (Å²) in [5.74, 6) is 3.39. The predicted molar refractivity (Wildman–Crippen MR) is 103 cm³/mol. The van der Waals surface area contributed by atoms with E-state index in [0.717, 1.165) is 24.5 Å². The molecule has 0 bridgehead atoms. The summed E-state index contributed by atoms with van der Waals surface area (Å²) >= 11 is 0. The fourth-order valence-corrected chi connectivity index (χ4v) is 2.61. The van der Waals surface area contributed by atoms with Crippen LogP contribution in [0.25, 0.3) is 0 Å². The fraction of sp³-hybridized carbons (Fsp3) is 0.429. The molecule has 0 fully saturated rings. The van der Waals surface area contributed by atoms with Gasteiger partial charge in [0.15, 0.2) is 11.5 Å². The van der Waals surface area contributed by atoms with Crippen LogP contribution in [0.2, 0.25) is 0 Å². The first-order chi connectivity index (χ1) is 12.6. The van der Waals surface area contributed by atoms with Gasteiger partial charge >= 0.3 is 0 Å². The monoisotopic (exact) mass is 359 g/mol. The highest BCUT2D eigenvalue weighted by Gasteiger charge is 2.15. The van der Waals surface area contributed by atoms with E-state index >= 15 is 0 Å². The van der Waals surface area contributed by atoms with E-state index in [-0.39, 0.29) is 0 Å². The van der Waals surface area contributed by atoms with Crippen molar-refractivity contribution in [1.82, 2.24) is 5.32 Å². The average molecular weight is 359 g/mol. The van der Waals surface area contributed by atoms with Crippen LogP contribution in [-0.4, -0.2) is 27.9 Å². The lowest BCUT2D eigenvalue weighted by atomic mass is 10.1. The average Bonchev–Trinajstić information content (AvgIpc) is 2.66. The SMILES string of the molecule is COc1ccc(CNCc2ccc(OCC(C)C)cc2)c(OC)c1OC.